The summed E-state index contributed by atoms with van der Waals surface area (Å²) in [7, 11) is 1.62. The van der Waals surface area contributed by atoms with Crippen molar-refractivity contribution in [3.8, 4) is 0 Å². The zero-order chi connectivity index (χ0) is 13.0. The molecule has 0 fully saturated rings. The van der Waals surface area contributed by atoms with Crippen LogP contribution in [0.1, 0.15) is 12.5 Å². The van der Waals surface area contributed by atoms with Gasteiger partial charge in [0.2, 0.25) is 0 Å². The van der Waals surface area contributed by atoms with Crippen molar-refractivity contribution in [1.82, 2.24) is 4.90 Å². The van der Waals surface area contributed by atoms with Gasteiger partial charge in [0.25, 0.3) is 0 Å². The summed E-state index contributed by atoms with van der Waals surface area (Å²) in [5, 5.41) is 0. The first-order valence-corrected chi connectivity index (χ1v) is 5.39. The second-order valence-corrected chi connectivity index (χ2v) is 3.71. The fraction of sp³-hybridized carbons (Fsp3) is 0.333. The van der Waals surface area contributed by atoms with Gasteiger partial charge in [-0.05, 0) is 25.5 Å². The third kappa shape index (κ3) is 2.75. The van der Waals surface area contributed by atoms with Crippen molar-refractivity contribution in [2.45, 2.75) is 13.8 Å². The third-order valence-electron chi connectivity index (χ3n) is 2.58. The fourth-order valence-electron chi connectivity index (χ4n) is 1.61. The molecule has 0 aliphatic rings. The van der Waals surface area contributed by atoms with Crippen molar-refractivity contribution in [3.63, 3.8) is 0 Å². The number of hydrogen-bond acceptors (Lipinski definition) is 2. The van der Waals surface area contributed by atoms with E-state index in [4.69, 9.17) is 5.73 Å². The number of carbonyl (C=O) groups excluding carboxylic acids is 2. The lowest BCUT2D eigenvalue weighted by atomic mass is 10.2. The number of hydrogen-bond donors (Lipinski definition) is 1. The number of anilines is 1. The van der Waals surface area contributed by atoms with Gasteiger partial charge in [0, 0.05) is 19.3 Å². The Bertz CT molecular complexity index is 432. The maximum atomic E-state index is 12.0. The van der Waals surface area contributed by atoms with E-state index in [0.717, 1.165) is 16.2 Å². The summed E-state index contributed by atoms with van der Waals surface area (Å²) < 4.78 is 0. The first kappa shape index (κ1) is 13.0. The molecule has 0 heterocycles. The third-order valence-corrected chi connectivity index (χ3v) is 2.58. The Morgan fingerprint density at radius 1 is 1.29 bits per heavy atom. The van der Waals surface area contributed by atoms with E-state index in [2.05, 4.69) is 0 Å². The average molecular weight is 235 g/mol. The van der Waals surface area contributed by atoms with Crippen LogP contribution in [0.3, 0.4) is 0 Å². The van der Waals surface area contributed by atoms with Crippen LogP contribution in [0.2, 0.25) is 0 Å². The first-order valence-electron chi connectivity index (χ1n) is 5.39. The summed E-state index contributed by atoms with van der Waals surface area (Å²) in [5.41, 5.74) is 6.86. The zero-order valence-corrected chi connectivity index (χ0v) is 10.3. The molecule has 5 heteroatoms. The number of nitrogens with two attached hydrogens (primary N) is 1. The number of nitrogens with zero attached hydrogens (tertiary/aromatic N) is 2. The van der Waals surface area contributed by atoms with Crippen molar-refractivity contribution < 1.29 is 9.59 Å². The standard InChI is InChI=1S/C12H17N3O2/c1-4-15(11(13)16)12(17)14(3)10-8-6-5-7-9(10)2/h5-8H,4H2,1-3H3,(H2,13,16). The first-order chi connectivity index (χ1) is 7.99. The van der Waals surface area contributed by atoms with Gasteiger partial charge in [0.15, 0.2) is 0 Å². The van der Waals surface area contributed by atoms with E-state index in [0.29, 0.717) is 0 Å². The minimum Gasteiger partial charge on any atom is -0.351 e. The van der Waals surface area contributed by atoms with Gasteiger partial charge >= 0.3 is 12.1 Å². The van der Waals surface area contributed by atoms with Gasteiger partial charge in [-0.3, -0.25) is 4.90 Å². The van der Waals surface area contributed by atoms with Crippen LogP contribution < -0.4 is 10.6 Å². The molecule has 0 unspecified atom stereocenters. The molecule has 0 atom stereocenters. The summed E-state index contributed by atoms with van der Waals surface area (Å²) in [5.74, 6) is 0. The van der Waals surface area contributed by atoms with Gasteiger partial charge in [-0.15, -0.1) is 0 Å². The van der Waals surface area contributed by atoms with Gasteiger partial charge in [0.05, 0.1) is 0 Å². The van der Waals surface area contributed by atoms with Crippen LogP contribution in [-0.4, -0.2) is 30.6 Å². The molecule has 0 bridgehead atoms. The van der Waals surface area contributed by atoms with Crippen LogP contribution in [0.4, 0.5) is 15.3 Å². The minimum absolute atomic E-state index is 0.254. The molecule has 2 N–H and O–H groups in total. The van der Waals surface area contributed by atoms with E-state index in [1.807, 2.05) is 31.2 Å². The van der Waals surface area contributed by atoms with Crippen molar-refractivity contribution in [3.05, 3.63) is 29.8 Å². The summed E-state index contributed by atoms with van der Waals surface area (Å²) in [6.07, 6.45) is 0. The average Bonchev–Trinajstić information content (AvgIpc) is 2.29. The summed E-state index contributed by atoms with van der Waals surface area (Å²) in [6, 6.07) is 6.30. The van der Waals surface area contributed by atoms with Gasteiger partial charge in [-0.2, -0.15) is 0 Å². The maximum absolute atomic E-state index is 12.0. The summed E-state index contributed by atoms with van der Waals surface area (Å²) in [4.78, 5) is 25.5. The molecule has 0 saturated heterocycles. The Balaban J connectivity index is 2.97. The van der Waals surface area contributed by atoms with Gasteiger partial charge in [0.1, 0.15) is 0 Å². The van der Waals surface area contributed by atoms with Crippen LogP contribution in [0, 0.1) is 6.92 Å². The monoisotopic (exact) mass is 235 g/mol. The Morgan fingerprint density at radius 2 is 1.88 bits per heavy atom. The Morgan fingerprint density at radius 3 is 2.35 bits per heavy atom. The van der Waals surface area contributed by atoms with Gasteiger partial charge < -0.3 is 5.73 Å². The van der Waals surface area contributed by atoms with Crippen molar-refractivity contribution in [2.75, 3.05) is 18.5 Å². The highest BCUT2D eigenvalue weighted by atomic mass is 16.2. The SMILES string of the molecule is CCN(C(N)=O)C(=O)N(C)c1ccccc1C. The molecule has 0 saturated carbocycles. The van der Waals surface area contributed by atoms with E-state index in [-0.39, 0.29) is 6.54 Å². The molecule has 0 aliphatic heterocycles. The molecule has 0 aromatic heterocycles. The van der Waals surface area contributed by atoms with Gasteiger partial charge in [-0.1, -0.05) is 18.2 Å². The minimum atomic E-state index is -0.738. The lowest BCUT2D eigenvalue weighted by Gasteiger charge is -2.25. The molecular weight excluding hydrogens is 218 g/mol. The second kappa shape index (κ2) is 5.34. The lowest BCUT2D eigenvalue weighted by Crippen LogP contribution is -2.47. The smallest absolute Gasteiger partial charge is 0.332 e. The number of benzene rings is 1. The van der Waals surface area contributed by atoms with E-state index >= 15 is 0 Å². The van der Waals surface area contributed by atoms with Crippen molar-refractivity contribution in [2.24, 2.45) is 5.73 Å². The molecule has 0 radical (unpaired) electrons. The van der Waals surface area contributed by atoms with Crippen LogP contribution >= 0.6 is 0 Å². The highest BCUT2D eigenvalue weighted by molar-refractivity contribution is 6.01. The van der Waals surface area contributed by atoms with Crippen LogP contribution in [0.25, 0.3) is 0 Å². The largest absolute Gasteiger partial charge is 0.351 e. The summed E-state index contributed by atoms with van der Waals surface area (Å²) >= 11 is 0. The second-order valence-electron chi connectivity index (χ2n) is 3.71. The molecule has 0 spiro atoms. The molecule has 1 rings (SSSR count). The van der Waals surface area contributed by atoms with Crippen molar-refractivity contribution >= 4 is 17.7 Å². The molecule has 5 nitrogen and oxygen atoms in total. The zero-order valence-electron chi connectivity index (χ0n) is 10.3. The Labute approximate surface area is 101 Å². The van der Waals surface area contributed by atoms with E-state index < -0.39 is 12.1 Å². The maximum Gasteiger partial charge on any atom is 0.332 e. The van der Waals surface area contributed by atoms with Crippen LogP contribution in [-0.2, 0) is 0 Å². The molecule has 1 aromatic carbocycles. The number of carbonyl (C=O) groups is 2. The molecular formula is C12H17N3O2. The number of para-hydroxylation sites is 1. The number of urea groups is 2. The van der Waals surface area contributed by atoms with E-state index in [9.17, 15) is 9.59 Å². The van der Waals surface area contributed by atoms with Crippen LogP contribution in [0.15, 0.2) is 24.3 Å². The fourth-order valence-corrected chi connectivity index (χ4v) is 1.61. The Kier molecular flexibility index (Phi) is 4.09. The molecule has 92 valence electrons. The highest BCUT2D eigenvalue weighted by Crippen LogP contribution is 2.18. The van der Waals surface area contributed by atoms with E-state index in [1.165, 1.54) is 4.90 Å². The Hall–Kier alpha value is -2.04. The number of rotatable bonds is 2. The van der Waals surface area contributed by atoms with Crippen LogP contribution in [0.5, 0.6) is 0 Å². The van der Waals surface area contributed by atoms with Gasteiger partial charge in [-0.25, -0.2) is 14.5 Å². The van der Waals surface area contributed by atoms with Crippen molar-refractivity contribution in [1.29, 1.82) is 0 Å². The molecule has 17 heavy (non-hydrogen) atoms. The lowest BCUT2D eigenvalue weighted by molar-refractivity contribution is 0.198. The molecule has 1 aromatic rings. The normalized spacial score (nSPS) is 9.82. The van der Waals surface area contributed by atoms with E-state index in [1.54, 1.807) is 14.0 Å². The predicted molar refractivity (Wildman–Crippen MR) is 66.9 cm³/mol. The number of imide groups is 1. The molecule has 0 aliphatic carbocycles. The number of aryl methyl sites for hydroxylation is 1. The predicted octanol–water partition coefficient (Wildman–Crippen LogP) is 1.95. The molecule has 4 amide bonds. The topological polar surface area (TPSA) is 66.6 Å². The highest BCUT2D eigenvalue weighted by Gasteiger charge is 2.22. The summed E-state index contributed by atoms with van der Waals surface area (Å²) in [6.45, 7) is 3.86. The number of primary amides is 1. The number of amides is 4. The quantitative estimate of drug-likeness (QED) is 0.851.